The number of pyridine rings is 1. The number of hydrogen-bond donors (Lipinski definition) is 3. The van der Waals surface area contributed by atoms with Gasteiger partial charge in [-0.2, -0.15) is 0 Å². The van der Waals surface area contributed by atoms with Crippen LogP contribution in [0.4, 0.5) is 10.2 Å². The second kappa shape index (κ2) is 8.20. The minimum atomic E-state index is -1.11. The fourth-order valence-electron chi connectivity index (χ4n) is 3.07. The van der Waals surface area contributed by atoms with Gasteiger partial charge >= 0.3 is 0 Å². The molecule has 0 aliphatic carbocycles. The van der Waals surface area contributed by atoms with Crippen molar-refractivity contribution in [1.29, 1.82) is 0 Å². The average Bonchev–Trinajstić information content (AvgIpc) is 3.33. The molecule has 3 aromatic heterocycles. The molecule has 3 aromatic rings. The highest BCUT2D eigenvalue weighted by Crippen LogP contribution is 2.26. The molecule has 0 spiro atoms. The molecule has 1 saturated heterocycles. The maximum atomic E-state index is 14.5. The highest BCUT2D eigenvalue weighted by atomic mass is 19.1. The first-order valence-electron chi connectivity index (χ1n) is 9.62. The monoisotopic (exact) mass is 386 g/mol. The molecule has 150 valence electrons. The minimum Gasteiger partial charge on any atom is -0.384 e. The predicted octanol–water partition coefficient (Wildman–Crippen LogP) is 2.96. The van der Waals surface area contributed by atoms with Crippen molar-refractivity contribution in [2.75, 3.05) is 18.4 Å². The van der Waals surface area contributed by atoms with Gasteiger partial charge in [0.15, 0.2) is 11.5 Å². The van der Waals surface area contributed by atoms with E-state index in [9.17, 15) is 9.50 Å². The van der Waals surface area contributed by atoms with Gasteiger partial charge in [-0.25, -0.2) is 14.4 Å². The third-order valence-corrected chi connectivity index (χ3v) is 4.52. The number of rotatable bonds is 4. The number of halogens is 1. The number of fused-ring (bicyclic) bond motifs is 1. The van der Waals surface area contributed by atoms with E-state index in [0.29, 0.717) is 22.9 Å². The largest absolute Gasteiger partial charge is 0.384 e. The smallest absolute Gasteiger partial charge is 0.155 e. The number of hydrogen-bond acceptors (Lipinski definition) is 6. The SMILES string of the molecule is CC.CC(C)(O)c1cn2c(-c3nc(NC4CCNC4)ccc3F)cnc2cn1. The van der Waals surface area contributed by atoms with Crippen LogP contribution in [0.5, 0.6) is 0 Å². The minimum absolute atomic E-state index is 0.210. The van der Waals surface area contributed by atoms with Crippen LogP contribution in [-0.4, -0.2) is 43.6 Å². The summed E-state index contributed by atoms with van der Waals surface area (Å²) in [5, 5.41) is 16.8. The van der Waals surface area contributed by atoms with Crippen molar-refractivity contribution in [3.8, 4) is 11.4 Å². The molecule has 1 unspecified atom stereocenters. The molecule has 7 nitrogen and oxygen atoms in total. The third-order valence-electron chi connectivity index (χ3n) is 4.52. The molecular formula is C20H27FN6O. The fourth-order valence-corrected chi connectivity index (χ4v) is 3.07. The van der Waals surface area contributed by atoms with Crippen LogP contribution in [0.2, 0.25) is 0 Å². The summed E-state index contributed by atoms with van der Waals surface area (Å²) in [4.78, 5) is 13.0. The Balaban J connectivity index is 0.00000109. The normalized spacial score (nSPS) is 16.7. The highest BCUT2D eigenvalue weighted by molar-refractivity contribution is 5.62. The fraction of sp³-hybridized carbons (Fsp3) is 0.450. The van der Waals surface area contributed by atoms with Gasteiger partial charge in [0, 0.05) is 18.8 Å². The zero-order chi connectivity index (χ0) is 20.3. The van der Waals surface area contributed by atoms with Crippen LogP contribution < -0.4 is 10.6 Å². The van der Waals surface area contributed by atoms with Crippen LogP contribution in [0.3, 0.4) is 0 Å². The standard InChI is InChI=1S/C18H21FN6O.C2H6/c1-18(2,26)14-10-25-13(8-22-16(25)9-21-14)17-12(19)3-4-15(24-17)23-11-5-6-20-7-11;1-2/h3-4,8-11,20,26H,5-7H2,1-2H3,(H,23,24);1-2H3. The van der Waals surface area contributed by atoms with Gasteiger partial charge in [-0.05, 0) is 38.9 Å². The zero-order valence-corrected chi connectivity index (χ0v) is 16.7. The van der Waals surface area contributed by atoms with Crippen LogP contribution >= 0.6 is 0 Å². The number of imidazole rings is 1. The summed E-state index contributed by atoms with van der Waals surface area (Å²) in [6.45, 7) is 9.13. The summed E-state index contributed by atoms with van der Waals surface area (Å²) >= 11 is 0. The molecule has 28 heavy (non-hydrogen) atoms. The molecule has 0 bridgehead atoms. The van der Waals surface area contributed by atoms with Crippen LogP contribution in [0, 0.1) is 5.82 Å². The van der Waals surface area contributed by atoms with Gasteiger partial charge in [0.1, 0.15) is 17.1 Å². The number of nitrogens with one attached hydrogen (secondary N) is 2. The number of aromatic nitrogens is 4. The van der Waals surface area contributed by atoms with Gasteiger partial charge in [0.2, 0.25) is 0 Å². The first kappa shape index (κ1) is 20.2. The summed E-state index contributed by atoms with van der Waals surface area (Å²) in [6.07, 6.45) is 5.79. The van der Waals surface area contributed by atoms with Gasteiger partial charge in [-0.3, -0.25) is 9.38 Å². The van der Waals surface area contributed by atoms with E-state index in [4.69, 9.17) is 0 Å². The van der Waals surface area contributed by atoms with Gasteiger partial charge in [-0.15, -0.1) is 0 Å². The second-order valence-corrected chi connectivity index (χ2v) is 7.06. The van der Waals surface area contributed by atoms with Crippen molar-refractivity contribution >= 4 is 11.5 Å². The lowest BCUT2D eigenvalue weighted by Gasteiger charge is -2.17. The summed E-state index contributed by atoms with van der Waals surface area (Å²) in [5.41, 5.74) is 0.643. The summed E-state index contributed by atoms with van der Waals surface area (Å²) in [7, 11) is 0. The first-order valence-corrected chi connectivity index (χ1v) is 9.62. The predicted molar refractivity (Wildman–Crippen MR) is 108 cm³/mol. The number of aliphatic hydroxyl groups is 1. The maximum absolute atomic E-state index is 14.5. The van der Waals surface area contributed by atoms with Crippen molar-refractivity contribution in [2.24, 2.45) is 0 Å². The Bertz CT molecular complexity index is 944. The molecule has 1 aliphatic rings. The molecule has 3 N–H and O–H groups in total. The molecular weight excluding hydrogens is 359 g/mol. The Morgan fingerprint density at radius 1 is 1.25 bits per heavy atom. The van der Waals surface area contributed by atoms with E-state index < -0.39 is 11.4 Å². The quantitative estimate of drug-likeness (QED) is 0.639. The van der Waals surface area contributed by atoms with E-state index in [0.717, 1.165) is 19.5 Å². The first-order chi connectivity index (χ1) is 13.4. The summed E-state index contributed by atoms with van der Waals surface area (Å²) in [5.74, 6) is 0.199. The Labute approximate surface area is 164 Å². The van der Waals surface area contributed by atoms with E-state index in [2.05, 4.69) is 25.6 Å². The van der Waals surface area contributed by atoms with E-state index in [1.54, 1.807) is 42.9 Å². The van der Waals surface area contributed by atoms with Crippen molar-refractivity contribution in [3.63, 3.8) is 0 Å². The summed E-state index contributed by atoms with van der Waals surface area (Å²) in [6, 6.07) is 3.34. The molecule has 4 rings (SSSR count). The van der Waals surface area contributed by atoms with Crippen molar-refractivity contribution in [1.82, 2.24) is 24.7 Å². The Kier molecular flexibility index (Phi) is 5.90. The lowest BCUT2D eigenvalue weighted by atomic mass is 10.1. The highest BCUT2D eigenvalue weighted by Gasteiger charge is 2.21. The van der Waals surface area contributed by atoms with E-state index in [-0.39, 0.29) is 11.7 Å². The Hall–Kier alpha value is -2.58. The van der Waals surface area contributed by atoms with E-state index in [1.165, 1.54) is 6.07 Å². The molecule has 0 saturated carbocycles. The van der Waals surface area contributed by atoms with Crippen molar-refractivity contribution < 1.29 is 9.50 Å². The second-order valence-electron chi connectivity index (χ2n) is 7.06. The lowest BCUT2D eigenvalue weighted by Crippen LogP contribution is -2.22. The van der Waals surface area contributed by atoms with E-state index in [1.807, 2.05) is 13.8 Å². The molecule has 0 amide bonds. The Morgan fingerprint density at radius 2 is 2.04 bits per heavy atom. The maximum Gasteiger partial charge on any atom is 0.155 e. The average molecular weight is 386 g/mol. The van der Waals surface area contributed by atoms with Crippen LogP contribution in [0.1, 0.15) is 39.8 Å². The third kappa shape index (κ3) is 4.13. The van der Waals surface area contributed by atoms with Crippen molar-refractivity contribution in [2.45, 2.75) is 45.8 Å². The van der Waals surface area contributed by atoms with E-state index >= 15 is 0 Å². The molecule has 0 radical (unpaired) electrons. The Morgan fingerprint density at radius 3 is 2.71 bits per heavy atom. The van der Waals surface area contributed by atoms with Crippen LogP contribution in [-0.2, 0) is 5.60 Å². The molecule has 0 aromatic carbocycles. The van der Waals surface area contributed by atoms with Gasteiger partial charge in [0.05, 0.1) is 23.8 Å². The van der Waals surface area contributed by atoms with Crippen LogP contribution in [0.25, 0.3) is 17.0 Å². The molecule has 4 heterocycles. The van der Waals surface area contributed by atoms with Crippen LogP contribution in [0.15, 0.2) is 30.7 Å². The topological polar surface area (TPSA) is 87.4 Å². The molecule has 1 aliphatic heterocycles. The molecule has 1 fully saturated rings. The number of nitrogens with zero attached hydrogens (tertiary/aromatic N) is 4. The molecule has 8 heteroatoms. The summed E-state index contributed by atoms with van der Waals surface area (Å²) < 4.78 is 16.2. The van der Waals surface area contributed by atoms with Gasteiger partial charge in [-0.1, -0.05) is 13.8 Å². The lowest BCUT2D eigenvalue weighted by molar-refractivity contribution is 0.0734. The van der Waals surface area contributed by atoms with Gasteiger partial charge in [0.25, 0.3) is 0 Å². The zero-order valence-electron chi connectivity index (χ0n) is 16.7. The van der Waals surface area contributed by atoms with Crippen molar-refractivity contribution in [3.05, 3.63) is 42.2 Å². The van der Waals surface area contributed by atoms with Gasteiger partial charge < -0.3 is 15.7 Å². The molecule has 1 atom stereocenters. The number of anilines is 1.